The Balaban J connectivity index is 1.75. The number of carbonyl (C=O) groups excluding carboxylic acids is 2. The Morgan fingerprint density at radius 1 is 0.818 bits per heavy atom. The summed E-state index contributed by atoms with van der Waals surface area (Å²) in [5, 5.41) is 3.30. The first-order chi connectivity index (χ1) is 15.9. The van der Waals surface area contributed by atoms with Gasteiger partial charge in [-0.2, -0.15) is 0 Å². The molecule has 2 amide bonds. The Kier molecular flexibility index (Phi) is 6.45. The van der Waals surface area contributed by atoms with E-state index in [0.717, 1.165) is 47.2 Å². The highest BCUT2D eigenvalue weighted by Crippen LogP contribution is 2.35. The van der Waals surface area contributed by atoms with Crippen LogP contribution in [0.15, 0.2) is 72.4 Å². The lowest BCUT2D eigenvalue weighted by Gasteiger charge is -2.16. The minimum Gasteiger partial charge on any atom is -0.350 e. The van der Waals surface area contributed by atoms with Crippen LogP contribution in [-0.4, -0.2) is 11.8 Å². The molecule has 1 aliphatic heterocycles. The van der Waals surface area contributed by atoms with Crippen molar-refractivity contribution < 1.29 is 9.59 Å². The zero-order valence-electron chi connectivity index (χ0n) is 19.7. The Labute approximate surface area is 195 Å². The second-order valence-corrected chi connectivity index (χ2v) is 8.70. The van der Waals surface area contributed by atoms with Crippen molar-refractivity contribution in [2.45, 2.75) is 47.0 Å². The Morgan fingerprint density at radius 3 is 2.18 bits per heavy atom. The van der Waals surface area contributed by atoms with Gasteiger partial charge in [0.15, 0.2) is 0 Å². The lowest BCUT2D eigenvalue weighted by atomic mass is 10.0. The summed E-state index contributed by atoms with van der Waals surface area (Å²) in [7, 11) is 0. The van der Waals surface area contributed by atoms with Gasteiger partial charge in [0, 0.05) is 5.69 Å². The summed E-state index contributed by atoms with van der Waals surface area (Å²) in [5.41, 5.74) is 7.33. The maximum atomic E-state index is 13.6. The average molecular weight is 439 g/mol. The summed E-state index contributed by atoms with van der Waals surface area (Å²) in [6.07, 6.45) is 3.23. The number of imide groups is 1. The summed E-state index contributed by atoms with van der Waals surface area (Å²) in [4.78, 5) is 28.5. The molecule has 4 rings (SSSR count). The molecule has 0 saturated heterocycles. The molecule has 168 valence electrons. The van der Waals surface area contributed by atoms with Crippen molar-refractivity contribution in [3.8, 4) is 0 Å². The SMILES string of the molecule is CCCCc1ccc(N2C(=O)C(Nc3cccc(C)c3C)=C(c3ccc(C)cc3)C2=O)cc1. The molecule has 0 aliphatic carbocycles. The van der Waals surface area contributed by atoms with Crippen molar-refractivity contribution in [3.05, 3.63) is 100 Å². The molecule has 0 fully saturated rings. The van der Waals surface area contributed by atoms with Crippen molar-refractivity contribution in [1.82, 2.24) is 0 Å². The Bertz CT molecular complexity index is 1220. The van der Waals surface area contributed by atoms with Crippen LogP contribution in [0.5, 0.6) is 0 Å². The molecular weight excluding hydrogens is 408 g/mol. The van der Waals surface area contributed by atoms with Crippen LogP contribution in [0.25, 0.3) is 5.57 Å². The summed E-state index contributed by atoms with van der Waals surface area (Å²) < 4.78 is 0. The standard InChI is InChI=1S/C29H30N2O2/c1-5-6-9-22-13-17-24(18-14-22)31-28(32)26(23-15-11-19(2)12-16-23)27(29(31)33)30-25-10-7-8-20(3)21(25)4/h7-8,10-18,30H,5-6,9H2,1-4H3. The van der Waals surface area contributed by atoms with Crippen LogP contribution in [0.4, 0.5) is 11.4 Å². The fourth-order valence-electron chi connectivity index (χ4n) is 4.08. The second-order valence-electron chi connectivity index (χ2n) is 8.70. The van der Waals surface area contributed by atoms with E-state index < -0.39 is 0 Å². The van der Waals surface area contributed by atoms with Crippen LogP contribution in [0.2, 0.25) is 0 Å². The molecule has 0 unspecified atom stereocenters. The zero-order valence-corrected chi connectivity index (χ0v) is 19.7. The van der Waals surface area contributed by atoms with E-state index in [2.05, 4.69) is 12.2 Å². The normalized spacial score (nSPS) is 13.8. The molecule has 1 heterocycles. The first kappa shape index (κ1) is 22.5. The number of benzene rings is 3. The lowest BCUT2D eigenvalue weighted by molar-refractivity contribution is -0.120. The quantitative estimate of drug-likeness (QED) is 0.437. The molecule has 0 aromatic heterocycles. The van der Waals surface area contributed by atoms with Crippen molar-refractivity contribution >= 4 is 28.8 Å². The number of nitrogens with zero attached hydrogens (tertiary/aromatic N) is 1. The van der Waals surface area contributed by atoms with Crippen molar-refractivity contribution in [3.63, 3.8) is 0 Å². The molecule has 1 N–H and O–H groups in total. The number of nitrogens with one attached hydrogen (secondary N) is 1. The molecule has 0 bridgehead atoms. The highest BCUT2D eigenvalue weighted by molar-refractivity contribution is 6.46. The Hall–Kier alpha value is -3.66. The molecule has 0 spiro atoms. The number of unbranched alkanes of at least 4 members (excludes halogenated alkanes) is 1. The van der Waals surface area contributed by atoms with Crippen molar-refractivity contribution in [2.75, 3.05) is 10.2 Å². The molecule has 4 heteroatoms. The number of aryl methyl sites for hydroxylation is 3. The fourth-order valence-corrected chi connectivity index (χ4v) is 4.08. The van der Waals surface area contributed by atoms with Gasteiger partial charge in [-0.05, 0) is 74.1 Å². The number of anilines is 2. The van der Waals surface area contributed by atoms with Crippen LogP contribution >= 0.6 is 0 Å². The average Bonchev–Trinajstić information content (AvgIpc) is 3.06. The topological polar surface area (TPSA) is 49.4 Å². The summed E-state index contributed by atoms with van der Waals surface area (Å²) in [6.45, 7) is 8.21. The molecule has 33 heavy (non-hydrogen) atoms. The number of amides is 2. The smallest absolute Gasteiger partial charge is 0.282 e. The number of hydrogen-bond donors (Lipinski definition) is 1. The van der Waals surface area contributed by atoms with E-state index in [4.69, 9.17) is 0 Å². The molecule has 0 radical (unpaired) electrons. The van der Waals surface area contributed by atoms with Gasteiger partial charge in [0.05, 0.1) is 11.3 Å². The predicted octanol–water partition coefficient (Wildman–Crippen LogP) is 6.35. The van der Waals surface area contributed by atoms with Gasteiger partial charge in [-0.15, -0.1) is 0 Å². The van der Waals surface area contributed by atoms with Crippen molar-refractivity contribution in [1.29, 1.82) is 0 Å². The third-order valence-electron chi connectivity index (χ3n) is 6.30. The van der Waals surface area contributed by atoms with E-state index in [1.807, 2.05) is 87.5 Å². The predicted molar refractivity (Wildman–Crippen MR) is 135 cm³/mol. The van der Waals surface area contributed by atoms with Gasteiger partial charge in [-0.3, -0.25) is 9.59 Å². The zero-order chi connectivity index (χ0) is 23.5. The van der Waals surface area contributed by atoms with Crippen LogP contribution in [0, 0.1) is 20.8 Å². The molecule has 0 saturated carbocycles. The largest absolute Gasteiger partial charge is 0.350 e. The van der Waals surface area contributed by atoms with E-state index in [-0.39, 0.29) is 11.8 Å². The van der Waals surface area contributed by atoms with Crippen LogP contribution < -0.4 is 10.2 Å². The first-order valence-corrected chi connectivity index (χ1v) is 11.5. The molecule has 4 nitrogen and oxygen atoms in total. The van der Waals surface area contributed by atoms with E-state index in [1.165, 1.54) is 10.5 Å². The molecule has 1 aliphatic rings. The minimum absolute atomic E-state index is 0.307. The third kappa shape index (κ3) is 4.47. The molecular formula is C29H30N2O2. The lowest BCUT2D eigenvalue weighted by Crippen LogP contribution is -2.32. The van der Waals surface area contributed by atoms with E-state index in [1.54, 1.807) is 0 Å². The van der Waals surface area contributed by atoms with Crippen molar-refractivity contribution in [2.24, 2.45) is 0 Å². The van der Waals surface area contributed by atoms with Crippen LogP contribution in [0.3, 0.4) is 0 Å². The number of hydrogen-bond acceptors (Lipinski definition) is 3. The highest BCUT2D eigenvalue weighted by Gasteiger charge is 2.40. The van der Waals surface area contributed by atoms with Gasteiger partial charge in [0.1, 0.15) is 5.70 Å². The monoisotopic (exact) mass is 438 g/mol. The molecule has 0 atom stereocenters. The minimum atomic E-state index is -0.335. The molecule has 3 aromatic carbocycles. The number of rotatable bonds is 7. The van der Waals surface area contributed by atoms with Crippen LogP contribution in [0.1, 0.15) is 47.6 Å². The van der Waals surface area contributed by atoms with Gasteiger partial charge in [0.2, 0.25) is 0 Å². The highest BCUT2D eigenvalue weighted by atomic mass is 16.2. The third-order valence-corrected chi connectivity index (χ3v) is 6.30. The van der Waals surface area contributed by atoms with Crippen LogP contribution in [-0.2, 0) is 16.0 Å². The first-order valence-electron chi connectivity index (χ1n) is 11.5. The van der Waals surface area contributed by atoms with E-state index >= 15 is 0 Å². The van der Waals surface area contributed by atoms with Gasteiger partial charge < -0.3 is 5.32 Å². The maximum absolute atomic E-state index is 13.6. The van der Waals surface area contributed by atoms with Gasteiger partial charge in [0.25, 0.3) is 11.8 Å². The maximum Gasteiger partial charge on any atom is 0.282 e. The van der Waals surface area contributed by atoms with Gasteiger partial charge in [-0.25, -0.2) is 4.90 Å². The summed E-state index contributed by atoms with van der Waals surface area (Å²) in [6, 6.07) is 21.4. The Morgan fingerprint density at radius 2 is 1.52 bits per heavy atom. The molecule has 3 aromatic rings. The number of carbonyl (C=O) groups is 2. The van der Waals surface area contributed by atoms with Gasteiger partial charge >= 0.3 is 0 Å². The summed E-state index contributed by atoms with van der Waals surface area (Å²) >= 11 is 0. The van der Waals surface area contributed by atoms with E-state index in [9.17, 15) is 9.59 Å². The summed E-state index contributed by atoms with van der Waals surface area (Å²) in [5.74, 6) is -0.643. The fraction of sp³-hybridized carbons (Fsp3) is 0.241. The van der Waals surface area contributed by atoms with Gasteiger partial charge in [-0.1, -0.05) is 67.4 Å². The van der Waals surface area contributed by atoms with E-state index in [0.29, 0.717) is 17.0 Å². The second kappa shape index (κ2) is 9.45.